The molecule has 1 unspecified atom stereocenters. The minimum Gasteiger partial charge on any atom is -0.350 e. The van der Waals surface area contributed by atoms with Crippen LogP contribution in [0.2, 0.25) is 0 Å². The third kappa shape index (κ3) is 4.15. The Bertz CT molecular complexity index is 638. The van der Waals surface area contributed by atoms with E-state index in [4.69, 9.17) is 0 Å². The van der Waals surface area contributed by atoms with Crippen LogP contribution in [0.15, 0.2) is 48.5 Å². The van der Waals surface area contributed by atoms with Gasteiger partial charge in [0.15, 0.2) is 0 Å². The molecule has 0 saturated heterocycles. The predicted octanol–water partition coefficient (Wildman–Crippen LogP) is 3.17. The van der Waals surface area contributed by atoms with E-state index < -0.39 is 5.82 Å². The number of nitrogens with zero attached hydrogens (tertiary/aromatic N) is 1. The summed E-state index contributed by atoms with van der Waals surface area (Å²) in [5.41, 5.74) is 2.67. The third-order valence-corrected chi connectivity index (χ3v) is 3.63. The molecule has 0 saturated carbocycles. The number of halogens is 1. The number of hydrogen-bond donors (Lipinski definition) is 1. The van der Waals surface area contributed by atoms with Crippen molar-refractivity contribution in [3.63, 3.8) is 0 Å². The lowest BCUT2D eigenvalue weighted by Crippen LogP contribution is -2.34. The van der Waals surface area contributed by atoms with Crippen molar-refractivity contribution < 1.29 is 9.18 Å². The molecular weight excluding hydrogens is 279 g/mol. The molecule has 0 bridgehead atoms. The Morgan fingerprint density at radius 2 is 1.86 bits per heavy atom. The van der Waals surface area contributed by atoms with Crippen molar-refractivity contribution in [3.8, 4) is 0 Å². The highest BCUT2D eigenvalue weighted by molar-refractivity contribution is 5.94. The highest BCUT2D eigenvalue weighted by atomic mass is 19.1. The van der Waals surface area contributed by atoms with Gasteiger partial charge in [-0.3, -0.25) is 4.79 Å². The summed E-state index contributed by atoms with van der Waals surface area (Å²) in [4.78, 5) is 14.2. The highest BCUT2D eigenvalue weighted by Gasteiger charge is 2.16. The van der Waals surface area contributed by atoms with Crippen LogP contribution in [-0.2, 0) is 0 Å². The number of amides is 1. The summed E-state index contributed by atoms with van der Waals surface area (Å²) in [6.07, 6.45) is 0. The third-order valence-electron chi connectivity index (χ3n) is 3.63. The van der Waals surface area contributed by atoms with E-state index in [0.717, 1.165) is 5.56 Å². The van der Waals surface area contributed by atoms with Gasteiger partial charge in [0, 0.05) is 12.1 Å². The summed E-state index contributed by atoms with van der Waals surface area (Å²) < 4.78 is 13.2. The molecule has 1 amide bonds. The number of rotatable bonds is 5. The van der Waals surface area contributed by atoms with E-state index in [0.29, 0.717) is 12.1 Å². The van der Waals surface area contributed by atoms with Crippen LogP contribution in [0.4, 0.5) is 4.39 Å². The maximum atomic E-state index is 13.2. The van der Waals surface area contributed by atoms with Gasteiger partial charge in [0.05, 0.1) is 6.04 Å². The van der Waals surface area contributed by atoms with Gasteiger partial charge in [-0.15, -0.1) is 0 Å². The molecule has 2 aromatic carbocycles. The number of carbonyl (C=O) groups excluding carboxylic acids is 1. The first-order chi connectivity index (χ1) is 10.5. The Balaban J connectivity index is 2.06. The first-order valence-corrected chi connectivity index (χ1v) is 7.24. The minimum atomic E-state index is -0.407. The van der Waals surface area contributed by atoms with Crippen LogP contribution in [0.3, 0.4) is 0 Å². The Kier molecular flexibility index (Phi) is 5.28. The second-order valence-corrected chi connectivity index (χ2v) is 5.61. The van der Waals surface area contributed by atoms with Crippen LogP contribution >= 0.6 is 0 Å². The lowest BCUT2D eigenvalue weighted by atomic mass is 10.0. The molecule has 1 N–H and O–H groups in total. The molecule has 0 aliphatic carbocycles. The largest absolute Gasteiger partial charge is 0.350 e. The number of hydrogen-bond acceptors (Lipinski definition) is 2. The Morgan fingerprint density at radius 3 is 2.45 bits per heavy atom. The van der Waals surface area contributed by atoms with Gasteiger partial charge in [0.2, 0.25) is 0 Å². The summed E-state index contributed by atoms with van der Waals surface area (Å²) in [7, 11) is 3.94. The average Bonchev–Trinajstić information content (AvgIpc) is 2.48. The maximum absolute atomic E-state index is 13.2. The molecule has 0 heterocycles. The van der Waals surface area contributed by atoms with Crippen LogP contribution in [0.1, 0.15) is 27.5 Å². The molecule has 2 aromatic rings. The summed E-state index contributed by atoms with van der Waals surface area (Å²) in [6.45, 7) is 2.51. The SMILES string of the molecule is Cc1ccc(C(CNC(=O)c2cccc(F)c2)N(C)C)cc1. The fourth-order valence-electron chi connectivity index (χ4n) is 2.31. The second-order valence-electron chi connectivity index (χ2n) is 5.61. The van der Waals surface area contributed by atoms with E-state index >= 15 is 0 Å². The lowest BCUT2D eigenvalue weighted by Gasteiger charge is -2.25. The zero-order valence-corrected chi connectivity index (χ0v) is 13.1. The molecule has 0 aliphatic heterocycles. The highest BCUT2D eigenvalue weighted by Crippen LogP contribution is 2.18. The van der Waals surface area contributed by atoms with Crippen molar-refractivity contribution in [3.05, 3.63) is 71.0 Å². The number of carbonyl (C=O) groups is 1. The molecule has 0 fully saturated rings. The normalized spacial score (nSPS) is 12.2. The van der Waals surface area contributed by atoms with E-state index in [2.05, 4.69) is 34.5 Å². The van der Waals surface area contributed by atoms with E-state index in [1.54, 1.807) is 6.07 Å². The van der Waals surface area contributed by atoms with E-state index in [1.165, 1.54) is 23.8 Å². The van der Waals surface area contributed by atoms with Gasteiger partial charge in [-0.1, -0.05) is 35.9 Å². The molecule has 3 nitrogen and oxygen atoms in total. The van der Waals surface area contributed by atoms with Crippen molar-refractivity contribution in [2.45, 2.75) is 13.0 Å². The topological polar surface area (TPSA) is 32.3 Å². The molecule has 0 radical (unpaired) electrons. The molecule has 116 valence electrons. The number of likely N-dealkylation sites (N-methyl/N-ethyl adjacent to an activating group) is 1. The smallest absolute Gasteiger partial charge is 0.251 e. The number of aryl methyl sites for hydroxylation is 1. The lowest BCUT2D eigenvalue weighted by molar-refractivity contribution is 0.0941. The molecule has 0 aromatic heterocycles. The molecule has 0 spiro atoms. The van der Waals surface area contributed by atoms with Gasteiger partial charge in [-0.05, 0) is 44.8 Å². The predicted molar refractivity (Wildman–Crippen MR) is 86.3 cm³/mol. The standard InChI is InChI=1S/C18H21FN2O/c1-13-7-9-14(10-8-13)17(21(2)3)12-20-18(22)15-5-4-6-16(19)11-15/h4-11,17H,12H2,1-3H3,(H,20,22). The van der Waals surface area contributed by atoms with Gasteiger partial charge < -0.3 is 10.2 Å². The molecular formula is C18H21FN2O. The van der Waals surface area contributed by atoms with Crippen LogP contribution in [0, 0.1) is 12.7 Å². The first-order valence-electron chi connectivity index (χ1n) is 7.24. The van der Waals surface area contributed by atoms with Gasteiger partial charge in [0.1, 0.15) is 5.82 Å². The monoisotopic (exact) mass is 300 g/mol. The zero-order valence-electron chi connectivity index (χ0n) is 13.1. The fourth-order valence-corrected chi connectivity index (χ4v) is 2.31. The van der Waals surface area contributed by atoms with Crippen molar-refractivity contribution in [1.82, 2.24) is 10.2 Å². The zero-order chi connectivity index (χ0) is 16.1. The van der Waals surface area contributed by atoms with Gasteiger partial charge in [-0.2, -0.15) is 0 Å². The summed E-state index contributed by atoms with van der Waals surface area (Å²) in [6, 6.07) is 14.0. The van der Waals surface area contributed by atoms with Crippen molar-refractivity contribution >= 4 is 5.91 Å². The van der Waals surface area contributed by atoms with E-state index in [-0.39, 0.29) is 11.9 Å². The van der Waals surface area contributed by atoms with Crippen LogP contribution in [0.25, 0.3) is 0 Å². The average molecular weight is 300 g/mol. The summed E-state index contributed by atoms with van der Waals surface area (Å²) >= 11 is 0. The Hall–Kier alpha value is -2.20. The maximum Gasteiger partial charge on any atom is 0.251 e. The fraction of sp³-hybridized carbons (Fsp3) is 0.278. The van der Waals surface area contributed by atoms with Gasteiger partial charge in [0.25, 0.3) is 5.91 Å². The minimum absolute atomic E-state index is 0.0677. The van der Waals surface area contributed by atoms with Crippen molar-refractivity contribution in [2.75, 3.05) is 20.6 Å². The first kappa shape index (κ1) is 16.2. The quantitative estimate of drug-likeness (QED) is 0.920. The van der Waals surface area contributed by atoms with Crippen molar-refractivity contribution in [1.29, 1.82) is 0 Å². The van der Waals surface area contributed by atoms with Gasteiger partial charge in [-0.25, -0.2) is 4.39 Å². The summed E-state index contributed by atoms with van der Waals surface area (Å²) in [5, 5.41) is 2.87. The Labute approximate surface area is 130 Å². The van der Waals surface area contributed by atoms with Crippen LogP contribution in [-0.4, -0.2) is 31.4 Å². The second kappa shape index (κ2) is 7.18. The van der Waals surface area contributed by atoms with Crippen LogP contribution in [0.5, 0.6) is 0 Å². The van der Waals surface area contributed by atoms with E-state index in [1.807, 2.05) is 21.0 Å². The Morgan fingerprint density at radius 1 is 1.18 bits per heavy atom. The molecule has 2 rings (SSSR count). The molecule has 1 atom stereocenters. The molecule has 0 aliphatic rings. The van der Waals surface area contributed by atoms with E-state index in [9.17, 15) is 9.18 Å². The number of benzene rings is 2. The van der Waals surface area contributed by atoms with Crippen molar-refractivity contribution in [2.24, 2.45) is 0 Å². The van der Waals surface area contributed by atoms with Gasteiger partial charge >= 0.3 is 0 Å². The molecule has 22 heavy (non-hydrogen) atoms. The van der Waals surface area contributed by atoms with Crippen LogP contribution < -0.4 is 5.32 Å². The number of nitrogens with one attached hydrogen (secondary N) is 1. The summed E-state index contributed by atoms with van der Waals surface area (Å²) in [5.74, 6) is -0.672. The molecule has 4 heteroatoms.